The summed E-state index contributed by atoms with van der Waals surface area (Å²) in [5.41, 5.74) is 0. The average molecular weight is 222 g/mol. The molecule has 0 aliphatic rings. The second kappa shape index (κ2) is 3.78. The third kappa shape index (κ3) is 2.19. The molecule has 0 N–H and O–H groups in total. The third-order valence-corrected chi connectivity index (χ3v) is 1.60. The molecule has 0 rings (SSSR count). The Hall–Kier alpha value is -0.750. The first-order chi connectivity index (χ1) is 6.04. The van der Waals surface area contributed by atoms with Crippen molar-refractivity contribution in [2.75, 3.05) is 0 Å². The molecule has 2 unspecified atom stereocenters. The SMILES string of the molecule is CC(F)C(F)(F)C(=O)C(F)(F)C(C)F. The Morgan fingerprint density at radius 2 is 1.14 bits per heavy atom. The van der Waals surface area contributed by atoms with Gasteiger partial charge in [0.15, 0.2) is 12.3 Å². The topological polar surface area (TPSA) is 17.1 Å². The van der Waals surface area contributed by atoms with Gasteiger partial charge in [-0.3, -0.25) is 4.79 Å². The van der Waals surface area contributed by atoms with E-state index in [0.29, 0.717) is 0 Å². The van der Waals surface area contributed by atoms with Gasteiger partial charge < -0.3 is 0 Å². The molecule has 0 saturated carbocycles. The van der Waals surface area contributed by atoms with Crippen LogP contribution in [0.4, 0.5) is 26.3 Å². The molecule has 0 bridgehead atoms. The number of hydrogen-bond donors (Lipinski definition) is 0. The Kier molecular flexibility index (Phi) is 3.58. The van der Waals surface area contributed by atoms with Crippen LogP contribution in [0.5, 0.6) is 0 Å². The van der Waals surface area contributed by atoms with Crippen LogP contribution in [0.1, 0.15) is 13.8 Å². The first-order valence-electron chi connectivity index (χ1n) is 3.63. The van der Waals surface area contributed by atoms with Crippen LogP contribution in [0, 0.1) is 0 Å². The van der Waals surface area contributed by atoms with Gasteiger partial charge in [-0.2, -0.15) is 17.6 Å². The van der Waals surface area contributed by atoms with Gasteiger partial charge in [0.25, 0.3) is 5.78 Å². The van der Waals surface area contributed by atoms with E-state index in [-0.39, 0.29) is 13.8 Å². The zero-order valence-electron chi connectivity index (χ0n) is 7.33. The summed E-state index contributed by atoms with van der Waals surface area (Å²) in [6.45, 7) is 0.494. The maximum atomic E-state index is 12.4. The van der Waals surface area contributed by atoms with Gasteiger partial charge >= 0.3 is 11.8 Å². The molecule has 0 heterocycles. The lowest BCUT2D eigenvalue weighted by atomic mass is 10.0. The van der Waals surface area contributed by atoms with E-state index in [2.05, 4.69) is 0 Å². The van der Waals surface area contributed by atoms with Gasteiger partial charge in [-0.25, -0.2) is 8.78 Å². The number of Topliss-reactive ketones (excluding diaryl/α,β-unsaturated/α-hetero) is 1. The van der Waals surface area contributed by atoms with Crippen molar-refractivity contribution in [2.45, 2.75) is 38.0 Å². The molecule has 0 radical (unpaired) electrons. The number of halogens is 6. The van der Waals surface area contributed by atoms with Crippen LogP contribution >= 0.6 is 0 Å². The Balaban J connectivity index is 4.96. The van der Waals surface area contributed by atoms with Crippen molar-refractivity contribution in [1.29, 1.82) is 0 Å². The molecule has 1 nitrogen and oxygen atoms in total. The van der Waals surface area contributed by atoms with Crippen LogP contribution in [0.3, 0.4) is 0 Å². The van der Waals surface area contributed by atoms with Gasteiger partial charge in [-0.05, 0) is 13.8 Å². The first kappa shape index (κ1) is 13.2. The van der Waals surface area contributed by atoms with Crippen molar-refractivity contribution in [3.05, 3.63) is 0 Å². The number of rotatable bonds is 4. The standard InChI is InChI=1S/C7H8F6O/c1-3(8)6(10,11)5(14)7(12,13)4(2)9/h3-4H,1-2H3. The summed E-state index contributed by atoms with van der Waals surface area (Å²) >= 11 is 0. The molecule has 0 fully saturated rings. The molecule has 0 aromatic carbocycles. The summed E-state index contributed by atoms with van der Waals surface area (Å²) in [5.74, 6) is -12.8. The number of carbonyl (C=O) groups excluding carboxylic acids is 1. The van der Waals surface area contributed by atoms with Crippen molar-refractivity contribution < 1.29 is 31.1 Å². The van der Waals surface area contributed by atoms with E-state index >= 15 is 0 Å². The maximum Gasteiger partial charge on any atom is 0.341 e. The highest BCUT2D eigenvalue weighted by molar-refractivity contribution is 5.93. The summed E-state index contributed by atoms with van der Waals surface area (Å²) in [6, 6.07) is 0. The molecule has 14 heavy (non-hydrogen) atoms. The molecular formula is C7H8F6O. The fraction of sp³-hybridized carbons (Fsp3) is 0.857. The lowest BCUT2D eigenvalue weighted by Crippen LogP contribution is -2.51. The van der Waals surface area contributed by atoms with Crippen LogP contribution in [-0.4, -0.2) is 30.0 Å². The predicted octanol–water partition coefficient (Wildman–Crippen LogP) is 2.54. The van der Waals surface area contributed by atoms with Crippen LogP contribution in [-0.2, 0) is 4.79 Å². The quantitative estimate of drug-likeness (QED) is 0.668. The lowest BCUT2D eigenvalue weighted by molar-refractivity contribution is -0.185. The molecule has 0 aliphatic carbocycles. The highest BCUT2D eigenvalue weighted by atomic mass is 19.3. The molecule has 0 spiro atoms. The maximum absolute atomic E-state index is 12.4. The summed E-state index contributed by atoms with van der Waals surface area (Å²) in [4.78, 5) is 10.4. The van der Waals surface area contributed by atoms with E-state index in [1.807, 2.05) is 0 Å². The first-order valence-corrected chi connectivity index (χ1v) is 3.63. The number of hydrogen-bond acceptors (Lipinski definition) is 1. The van der Waals surface area contributed by atoms with E-state index in [4.69, 9.17) is 0 Å². The smallest absolute Gasteiger partial charge is 0.286 e. The fourth-order valence-corrected chi connectivity index (χ4v) is 0.583. The van der Waals surface area contributed by atoms with Gasteiger partial charge in [0, 0.05) is 0 Å². The molecule has 0 aromatic heterocycles. The highest BCUT2D eigenvalue weighted by Gasteiger charge is 2.60. The molecule has 0 saturated heterocycles. The van der Waals surface area contributed by atoms with Crippen molar-refractivity contribution in [3.63, 3.8) is 0 Å². The molecule has 7 heteroatoms. The largest absolute Gasteiger partial charge is 0.341 e. The minimum absolute atomic E-state index is 0.247. The van der Waals surface area contributed by atoms with Gasteiger partial charge in [0.05, 0.1) is 0 Å². The Bertz CT molecular complexity index is 200. The normalized spacial score (nSPS) is 17.7. The summed E-state index contributed by atoms with van der Waals surface area (Å²) in [5, 5.41) is 0. The van der Waals surface area contributed by atoms with Gasteiger partial charge in [-0.1, -0.05) is 0 Å². The minimum Gasteiger partial charge on any atom is -0.286 e. The monoisotopic (exact) mass is 222 g/mol. The zero-order chi connectivity index (χ0) is 11.7. The zero-order valence-corrected chi connectivity index (χ0v) is 7.33. The molecule has 84 valence electrons. The van der Waals surface area contributed by atoms with Crippen molar-refractivity contribution in [1.82, 2.24) is 0 Å². The second-order valence-corrected chi connectivity index (χ2v) is 2.81. The second-order valence-electron chi connectivity index (χ2n) is 2.81. The number of carbonyl (C=O) groups is 1. The van der Waals surface area contributed by atoms with E-state index in [1.54, 1.807) is 0 Å². The number of alkyl halides is 6. The van der Waals surface area contributed by atoms with E-state index in [0.717, 1.165) is 0 Å². The minimum atomic E-state index is -4.87. The highest BCUT2D eigenvalue weighted by Crippen LogP contribution is 2.33. The molecule has 0 aromatic rings. The van der Waals surface area contributed by atoms with Crippen molar-refractivity contribution in [3.8, 4) is 0 Å². The number of ketones is 1. The molecule has 0 amide bonds. The van der Waals surface area contributed by atoms with E-state index < -0.39 is 30.0 Å². The van der Waals surface area contributed by atoms with E-state index in [9.17, 15) is 31.1 Å². The van der Waals surface area contributed by atoms with Gasteiger partial charge in [0.2, 0.25) is 0 Å². The Labute approximate surface area is 76.1 Å². The van der Waals surface area contributed by atoms with Crippen LogP contribution < -0.4 is 0 Å². The lowest BCUT2D eigenvalue weighted by Gasteiger charge is -2.23. The molecular weight excluding hydrogens is 214 g/mol. The predicted molar refractivity (Wildman–Crippen MR) is 36.0 cm³/mol. The van der Waals surface area contributed by atoms with E-state index in [1.165, 1.54) is 0 Å². The Morgan fingerprint density at radius 1 is 0.929 bits per heavy atom. The third-order valence-electron chi connectivity index (χ3n) is 1.60. The molecule has 2 atom stereocenters. The molecule has 0 aliphatic heterocycles. The van der Waals surface area contributed by atoms with Crippen molar-refractivity contribution >= 4 is 5.78 Å². The van der Waals surface area contributed by atoms with Crippen LogP contribution in [0.15, 0.2) is 0 Å². The van der Waals surface area contributed by atoms with Gasteiger partial charge in [-0.15, -0.1) is 0 Å². The fourth-order valence-electron chi connectivity index (χ4n) is 0.583. The van der Waals surface area contributed by atoms with Gasteiger partial charge in [0.1, 0.15) is 0 Å². The van der Waals surface area contributed by atoms with Crippen LogP contribution in [0.2, 0.25) is 0 Å². The summed E-state index contributed by atoms with van der Waals surface area (Å²) < 4.78 is 73.9. The summed E-state index contributed by atoms with van der Waals surface area (Å²) in [6.07, 6.45) is -6.17. The Morgan fingerprint density at radius 3 is 1.29 bits per heavy atom. The van der Waals surface area contributed by atoms with Crippen LogP contribution in [0.25, 0.3) is 0 Å². The van der Waals surface area contributed by atoms with Crippen molar-refractivity contribution in [2.24, 2.45) is 0 Å². The average Bonchev–Trinajstić information content (AvgIpc) is 2.02. The summed E-state index contributed by atoms with van der Waals surface area (Å²) in [7, 11) is 0.